The van der Waals surface area contributed by atoms with Crippen molar-refractivity contribution in [3.05, 3.63) is 29.8 Å². The van der Waals surface area contributed by atoms with Crippen molar-refractivity contribution in [2.24, 2.45) is 4.99 Å². The number of benzene rings is 1. The highest BCUT2D eigenvalue weighted by Crippen LogP contribution is 2.17. The van der Waals surface area contributed by atoms with E-state index in [1.54, 1.807) is 0 Å². The summed E-state index contributed by atoms with van der Waals surface area (Å²) in [5.41, 5.74) is 0. The molecule has 0 aliphatic carbocycles. The molecule has 2 rings (SSSR count). The number of rotatable bonds is 7. The lowest BCUT2D eigenvalue weighted by molar-refractivity contribution is 0.119. The molecule has 6 nitrogen and oxygen atoms in total. The molecule has 26 heavy (non-hydrogen) atoms. The second-order valence-corrected chi connectivity index (χ2v) is 6.47. The first-order valence-corrected chi connectivity index (χ1v) is 8.98. The maximum atomic E-state index is 13.5. The molecule has 1 aromatic rings. The van der Waals surface area contributed by atoms with Gasteiger partial charge in [-0.1, -0.05) is 0 Å². The summed E-state index contributed by atoms with van der Waals surface area (Å²) in [7, 11) is 4.25. The second kappa shape index (κ2) is 10.3. The van der Waals surface area contributed by atoms with Crippen LogP contribution in [0.3, 0.4) is 0 Å². The Bertz CT molecular complexity index is 599. The Morgan fingerprint density at radius 3 is 2.81 bits per heavy atom. The van der Waals surface area contributed by atoms with Gasteiger partial charge in [0.25, 0.3) is 0 Å². The number of nitrogens with zero attached hydrogens (tertiary/aromatic N) is 3. The molecule has 146 valence electrons. The van der Waals surface area contributed by atoms with Crippen molar-refractivity contribution in [1.29, 1.82) is 0 Å². The number of halogens is 2. The minimum absolute atomic E-state index is 0.0435. The minimum Gasteiger partial charge on any atom is -0.489 e. The number of aliphatic imine (C=N–C) groups is 1. The number of hydrogen-bond acceptors (Lipinski definition) is 4. The number of piperazine rings is 1. The van der Waals surface area contributed by atoms with Crippen LogP contribution in [-0.4, -0.2) is 81.8 Å². The second-order valence-electron chi connectivity index (χ2n) is 6.47. The highest BCUT2D eigenvalue weighted by Gasteiger charge is 2.21. The Morgan fingerprint density at radius 1 is 1.27 bits per heavy atom. The summed E-state index contributed by atoms with van der Waals surface area (Å²) in [5, 5.41) is 6.37. The maximum absolute atomic E-state index is 13.5. The standard InChI is InChI=1S/C18H29F2N5O/c1-4-21-18(23-12-15-13-24(2)8-9-25(15)3)22-7-10-26-17-6-5-14(19)11-16(17)20/h5-6,11,15H,4,7-10,12-13H2,1-3H3,(H2,21,22,23). The number of ether oxygens (including phenoxy) is 1. The van der Waals surface area contributed by atoms with E-state index in [1.807, 2.05) is 6.92 Å². The van der Waals surface area contributed by atoms with E-state index >= 15 is 0 Å². The monoisotopic (exact) mass is 369 g/mol. The predicted octanol–water partition coefficient (Wildman–Crippen LogP) is 1.14. The van der Waals surface area contributed by atoms with Crippen LogP contribution in [0.2, 0.25) is 0 Å². The number of guanidine groups is 1. The van der Waals surface area contributed by atoms with Gasteiger partial charge in [0.1, 0.15) is 12.4 Å². The predicted molar refractivity (Wildman–Crippen MR) is 99.7 cm³/mol. The smallest absolute Gasteiger partial charge is 0.191 e. The summed E-state index contributed by atoms with van der Waals surface area (Å²) in [6.45, 7) is 7.27. The van der Waals surface area contributed by atoms with Gasteiger partial charge in [0.2, 0.25) is 0 Å². The Hall–Kier alpha value is -1.93. The van der Waals surface area contributed by atoms with Crippen LogP contribution in [0.5, 0.6) is 5.75 Å². The van der Waals surface area contributed by atoms with Crippen LogP contribution in [-0.2, 0) is 0 Å². The summed E-state index contributed by atoms with van der Waals surface area (Å²) < 4.78 is 31.7. The fourth-order valence-corrected chi connectivity index (χ4v) is 2.76. The molecule has 0 aromatic heterocycles. The number of nitrogens with one attached hydrogen (secondary N) is 2. The SMILES string of the molecule is CCNC(=NCC1CN(C)CCN1C)NCCOc1ccc(F)cc1F. The molecule has 0 radical (unpaired) electrons. The fraction of sp³-hybridized carbons (Fsp3) is 0.611. The highest BCUT2D eigenvalue weighted by atomic mass is 19.1. The summed E-state index contributed by atoms with van der Waals surface area (Å²) in [6.07, 6.45) is 0. The zero-order valence-electron chi connectivity index (χ0n) is 15.8. The average molecular weight is 369 g/mol. The van der Waals surface area contributed by atoms with Crippen molar-refractivity contribution in [3.63, 3.8) is 0 Å². The summed E-state index contributed by atoms with van der Waals surface area (Å²) in [6, 6.07) is 3.66. The van der Waals surface area contributed by atoms with Crippen LogP contribution in [0.4, 0.5) is 8.78 Å². The minimum atomic E-state index is -0.699. The van der Waals surface area contributed by atoms with Crippen LogP contribution in [0, 0.1) is 11.6 Å². The molecule has 1 saturated heterocycles. The molecule has 1 aliphatic rings. The van der Waals surface area contributed by atoms with Crippen molar-refractivity contribution < 1.29 is 13.5 Å². The first-order valence-electron chi connectivity index (χ1n) is 8.98. The van der Waals surface area contributed by atoms with Crippen molar-refractivity contribution >= 4 is 5.96 Å². The Labute approximate surface area is 154 Å². The largest absolute Gasteiger partial charge is 0.489 e. The van der Waals surface area contributed by atoms with E-state index in [0.717, 1.165) is 32.2 Å². The lowest BCUT2D eigenvalue weighted by Crippen LogP contribution is -2.51. The van der Waals surface area contributed by atoms with E-state index in [9.17, 15) is 8.78 Å². The van der Waals surface area contributed by atoms with E-state index < -0.39 is 11.6 Å². The zero-order chi connectivity index (χ0) is 18.9. The van der Waals surface area contributed by atoms with Gasteiger partial charge in [-0.05, 0) is 33.2 Å². The highest BCUT2D eigenvalue weighted by molar-refractivity contribution is 5.79. The van der Waals surface area contributed by atoms with Gasteiger partial charge < -0.3 is 20.3 Å². The van der Waals surface area contributed by atoms with Crippen molar-refractivity contribution in [2.75, 3.05) is 60.0 Å². The maximum Gasteiger partial charge on any atom is 0.191 e. The van der Waals surface area contributed by atoms with Crippen molar-refractivity contribution in [1.82, 2.24) is 20.4 Å². The molecule has 0 amide bonds. The summed E-state index contributed by atoms with van der Waals surface area (Å²) in [4.78, 5) is 9.28. The first-order chi connectivity index (χ1) is 12.5. The number of likely N-dealkylation sites (N-methyl/N-ethyl adjacent to an activating group) is 2. The topological polar surface area (TPSA) is 52.1 Å². The molecule has 1 aromatic carbocycles. The third-order valence-electron chi connectivity index (χ3n) is 4.33. The van der Waals surface area contributed by atoms with Crippen LogP contribution >= 0.6 is 0 Å². The first kappa shape index (κ1) is 20.4. The number of hydrogen-bond donors (Lipinski definition) is 2. The van der Waals surface area contributed by atoms with Gasteiger partial charge in [0.05, 0.1) is 13.1 Å². The van der Waals surface area contributed by atoms with E-state index in [4.69, 9.17) is 4.74 Å². The van der Waals surface area contributed by atoms with Crippen LogP contribution in [0.25, 0.3) is 0 Å². The lowest BCUT2D eigenvalue weighted by Gasteiger charge is -2.36. The summed E-state index contributed by atoms with van der Waals surface area (Å²) in [5.74, 6) is -0.567. The van der Waals surface area contributed by atoms with Crippen LogP contribution < -0.4 is 15.4 Å². The van der Waals surface area contributed by atoms with Crippen LogP contribution in [0.1, 0.15) is 6.92 Å². The molecule has 0 bridgehead atoms. The van der Waals surface area contributed by atoms with E-state index in [1.165, 1.54) is 12.1 Å². The van der Waals surface area contributed by atoms with E-state index in [-0.39, 0.29) is 12.4 Å². The molecule has 0 spiro atoms. The van der Waals surface area contributed by atoms with Gasteiger partial charge in [-0.15, -0.1) is 0 Å². The zero-order valence-corrected chi connectivity index (χ0v) is 15.8. The molecule has 1 heterocycles. The van der Waals surface area contributed by atoms with E-state index in [2.05, 4.69) is 39.5 Å². The third kappa shape index (κ3) is 6.42. The van der Waals surface area contributed by atoms with E-state index in [0.29, 0.717) is 25.1 Å². The Morgan fingerprint density at radius 2 is 2.08 bits per heavy atom. The van der Waals surface area contributed by atoms with Gasteiger partial charge in [0, 0.05) is 38.3 Å². The lowest BCUT2D eigenvalue weighted by atomic mass is 10.2. The molecule has 1 fully saturated rings. The quantitative estimate of drug-likeness (QED) is 0.429. The summed E-state index contributed by atoms with van der Waals surface area (Å²) >= 11 is 0. The molecule has 1 aliphatic heterocycles. The van der Waals surface area contributed by atoms with Gasteiger partial charge >= 0.3 is 0 Å². The van der Waals surface area contributed by atoms with Gasteiger partial charge in [0.15, 0.2) is 17.5 Å². The Kier molecular flexibility index (Phi) is 8.06. The third-order valence-corrected chi connectivity index (χ3v) is 4.33. The molecule has 2 N–H and O–H groups in total. The van der Waals surface area contributed by atoms with Gasteiger partial charge in [-0.3, -0.25) is 9.89 Å². The molecule has 8 heteroatoms. The Balaban J connectivity index is 1.79. The average Bonchev–Trinajstić information content (AvgIpc) is 2.60. The molecule has 1 atom stereocenters. The normalized spacial score (nSPS) is 19.4. The molecule has 1 unspecified atom stereocenters. The molecule has 0 saturated carbocycles. The molecular weight excluding hydrogens is 340 g/mol. The molecular formula is C18H29F2N5O. The van der Waals surface area contributed by atoms with Gasteiger partial charge in [-0.2, -0.15) is 0 Å². The fourth-order valence-electron chi connectivity index (χ4n) is 2.76. The van der Waals surface area contributed by atoms with Crippen molar-refractivity contribution in [2.45, 2.75) is 13.0 Å². The van der Waals surface area contributed by atoms with Crippen molar-refractivity contribution in [3.8, 4) is 5.75 Å². The van der Waals surface area contributed by atoms with Gasteiger partial charge in [-0.25, -0.2) is 8.78 Å². The van der Waals surface area contributed by atoms with Crippen LogP contribution in [0.15, 0.2) is 23.2 Å².